The number of benzene rings is 1. The fourth-order valence-electron chi connectivity index (χ4n) is 1.65. The van der Waals surface area contributed by atoms with Crippen LogP contribution in [0.25, 0.3) is 0 Å². The van der Waals surface area contributed by atoms with Crippen molar-refractivity contribution in [3.63, 3.8) is 0 Å². The highest BCUT2D eigenvalue weighted by Gasteiger charge is 2.17. The third kappa shape index (κ3) is 2.10. The molecule has 0 bridgehead atoms. The molecule has 0 radical (unpaired) electrons. The second kappa shape index (κ2) is 4.05. The first kappa shape index (κ1) is 9.60. The SMILES string of the molecule is N#Cc1cccc(C2CC(=O)CC=N2)c1. The summed E-state index contributed by atoms with van der Waals surface area (Å²) < 4.78 is 0. The lowest BCUT2D eigenvalue weighted by atomic mass is 9.97. The summed E-state index contributed by atoms with van der Waals surface area (Å²) in [5, 5.41) is 8.76. The first-order valence-electron chi connectivity index (χ1n) is 4.83. The second-order valence-corrected chi connectivity index (χ2v) is 3.53. The number of aliphatic imine (C=N–C) groups is 1. The summed E-state index contributed by atoms with van der Waals surface area (Å²) in [6, 6.07) is 9.25. The minimum atomic E-state index is -0.0976. The highest BCUT2D eigenvalue weighted by Crippen LogP contribution is 2.24. The number of Topliss-reactive ketones (excluding diaryl/α,β-unsaturated/α-hetero) is 1. The van der Waals surface area contributed by atoms with E-state index in [0.717, 1.165) is 5.56 Å². The van der Waals surface area contributed by atoms with Gasteiger partial charge in [-0.2, -0.15) is 5.26 Å². The van der Waals surface area contributed by atoms with E-state index >= 15 is 0 Å². The molecule has 1 unspecified atom stereocenters. The summed E-state index contributed by atoms with van der Waals surface area (Å²) in [5.74, 6) is 0.206. The summed E-state index contributed by atoms with van der Waals surface area (Å²) in [6.45, 7) is 0. The predicted octanol–water partition coefficient (Wildman–Crippen LogP) is 2.03. The lowest BCUT2D eigenvalue weighted by Gasteiger charge is -2.15. The van der Waals surface area contributed by atoms with Crippen LogP contribution in [0.5, 0.6) is 0 Å². The molecule has 0 aliphatic carbocycles. The molecular formula is C12H10N2O. The van der Waals surface area contributed by atoms with Crippen LogP contribution in [0, 0.1) is 11.3 Å². The molecular weight excluding hydrogens is 188 g/mol. The number of rotatable bonds is 1. The van der Waals surface area contributed by atoms with Crippen LogP contribution in [0.15, 0.2) is 29.3 Å². The van der Waals surface area contributed by atoms with Crippen LogP contribution in [0.4, 0.5) is 0 Å². The molecule has 0 amide bonds. The lowest BCUT2D eigenvalue weighted by Crippen LogP contribution is -2.11. The van der Waals surface area contributed by atoms with Gasteiger partial charge in [-0.25, -0.2) is 0 Å². The highest BCUT2D eigenvalue weighted by atomic mass is 16.1. The Labute approximate surface area is 88.1 Å². The molecule has 74 valence electrons. The molecule has 1 aliphatic rings. The number of hydrogen-bond donors (Lipinski definition) is 0. The molecule has 0 spiro atoms. The largest absolute Gasteiger partial charge is 0.299 e. The first-order chi connectivity index (χ1) is 7.29. The van der Waals surface area contributed by atoms with Gasteiger partial charge < -0.3 is 0 Å². The van der Waals surface area contributed by atoms with Crippen LogP contribution >= 0.6 is 0 Å². The number of hydrogen-bond acceptors (Lipinski definition) is 3. The van der Waals surface area contributed by atoms with Gasteiger partial charge >= 0.3 is 0 Å². The van der Waals surface area contributed by atoms with Gasteiger partial charge in [-0.3, -0.25) is 9.79 Å². The fraction of sp³-hybridized carbons (Fsp3) is 0.250. The zero-order chi connectivity index (χ0) is 10.7. The van der Waals surface area contributed by atoms with Crippen molar-refractivity contribution in [2.75, 3.05) is 0 Å². The standard InChI is InChI=1S/C12H10N2O/c13-8-9-2-1-3-10(6-9)12-7-11(15)4-5-14-12/h1-3,5-6,12H,4,7H2. The molecule has 0 fully saturated rings. The maximum absolute atomic E-state index is 11.2. The Balaban J connectivity index is 2.29. The van der Waals surface area contributed by atoms with E-state index in [1.54, 1.807) is 18.3 Å². The van der Waals surface area contributed by atoms with Crippen molar-refractivity contribution in [3.05, 3.63) is 35.4 Å². The van der Waals surface area contributed by atoms with E-state index in [0.29, 0.717) is 18.4 Å². The average Bonchev–Trinajstić information content (AvgIpc) is 2.29. The van der Waals surface area contributed by atoms with Crippen molar-refractivity contribution in [2.45, 2.75) is 18.9 Å². The minimum absolute atomic E-state index is 0.0976. The molecule has 0 saturated heterocycles. The Kier molecular flexibility index (Phi) is 2.59. The van der Waals surface area contributed by atoms with Crippen molar-refractivity contribution in [3.8, 4) is 6.07 Å². The Morgan fingerprint density at radius 1 is 1.47 bits per heavy atom. The fourth-order valence-corrected chi connectivity index (χ4v) is 1.65. The summed E-state index contributed by atoms with van der Waals surface area (Å²) in [7, 11) is 0. The van der Waals surface area contributed by atoms with Gasteiger partial charge in [0.15, 0.2) is 0 Å². The molecule has 1 aromatic carbocycles. The second-order valence-electron chi connectivity index (χ2n) is 3.53. The van der Waals surface area contributed by atoms with Gasteiger partial charge in [0.2, 0.25) is 0 Å². The molecule has 0 aromatic heterocycles. The van der Waals surface area contributed by atoms with Gasteiger partial charge in [0.1, 0.15) is 5.78 Å². The zero-order valence-electron chi connectivity index (χ0n) is 8.18. The number of nitriles is 1. The third-order valence-electron chi connectivity index (χ3n) is 2.43. The van der Waals surface area contributed by atoms with Gasteiger partial charge in [-0.05, 0) is 17.7 Å². The first-order valence-corrected chi connectivity index (χ1v) is 4.83. The maximum atomic E-state index is 11.2. The number of ketones is 1. The average molecular weight is 198 g/mol. The van der Waals surface area contributed by atoms with Crippen LogP contribution in [-0.2, 0) is 4.79 Å². The van der Waals surface area contributed by atoms with Crippen molar-refractivity contribution in [1.29, 1.82) is 5.26 Å². The van der Waals surface area contributed by atoms with E-state index in [-0.39, 0.29) is 11.8 Å². The Morgan fingerprint density at radius 2 is 2.33 bits per heavy atom. The summed E-state index contributed by atoms with van der Waals surface area (Å²) in [6.07, 6.45) is 2.55. The zero-order valence-corrected chi connectivity index (χ0v) is 8.18. The molecule has 3 nitrogen and oxygen atoms in total. The topological polar surface area (TPSA) is 53.2 Å². The molecule has 3 heteroatoms. The van der Waals surface area contributed by atoms with Gasteiger partial charge in [-0.1, -0.05) is 12.1 Å². The number of carbonyl (C=O) groups excluding carboxylic acids is 1. The minimum Gasteiger partial charge on any atom is -0.299 e. The Bertz CT molecular complexity index is 457. The molecule has 2 rings (SSSR count). The molecule has 0 N–H and O–H groups in total. The maximum Gasteiger partial charge on any atom is 0.140 e. The van der Waals surface area contributed by atoms with Gasteiger partial charge in [0, 0.05) is 19.1 Å². The van der Waals surface area contributed by atoms with E-state index in [9.17, 15) is 4.79 Å². The van der Waals surface area contributed by atoms with Crippen LogP contribution in [0.3, 0.4) is 0 Å². The van der Waals surface area contributed by atoms with Crippen LogP contribution in [-0.4, -0.2) is 12.0 Å². The molecule has 1 aromatic rings. The van der Waals surface area contributed by atoms with Gasteiger partial charge in [-0.15, -0.1) is 0 Å². The number of nitrogens with zero attached hydrogens (tertiary/aromatic N) is 2. The molecule has 1 heterocycles. The van der Waals surface area contributed by atoms with Gasteiger partial charge in [0.25, 0.3) is 0 Å². The van der Waals surface area contributed by atoms with E-state index in [1.807, 2.05) is 12.1 Å². The Hall–Kier alpha value is -1.95. The van der Waals surface area contributed by atoms with E-state index in [2.05, 4.69) is 11.1 Å². The van der Waals surface area contributed by atoms with Crippen LogP contribution in [0.2, 0.25) is 0 Å². The van der Waals surface area contributed by atoms with Crippen LogP contribution < -0.4 is 0 Å². The van der Waals surface area contributed by atoms with E-state index < -0.39 is 0 Å². The normalized spacial score (nSPS) is 19.9. The lowest BCUT2D eigenvalue weighted by molar-refractivity contribution is -0.118. The van der Waals surface area contributed by atoms with Crippen LogP contribution in [0.1, 0.15) is 30.0 Å². The summed E-state index contributed by atoms with van der Waals surface area (Å²) >= 11 is 0. The van der Waals surface area contributed by atoms with Gasteiger partial charge in [0.05, 0.1) is 17.7 Å². The third-order valence-corrected chi connectivity index (χ3v) is 2.43. The molecule has 1 atom stereocenters. The summed E-state index contributed by atoms with van der Waals surface area (Å²) in [5.41, 5.74) is 1.55. The van der Waals surface area contributed by atoms with Crippen molar-refractivity contribution in [1.82, 2.24) is 0 Å². The van der Waals surface area contributed by atoms with Crippen molar-refractivity contribution >= 4 is 12.0 Å². The molecule has 15 heavy (non-hydrogen) atoms. The smallest absolute Gasteiger partial charge is 0.140 e. The Morgan fingerprint density at radius 3 is 3.07 bits per heavy atom. The monoisotopic (exact) mass is 198 g/mol. The van der Waals surface area contributed by atoms with Crippen molar-refractivity contribution in [2.24, 2.45) is 4.99 Å². The van der Waals surface area contributed by atoms with Crippen molar-refractivity contribution < 1.29 is 4.79 Å². The summed E-state index contributed by atoms with van der Waals surface area (Å²) in [4.78, 5) is 15.5. The van der Waals surface area contributed by atoms with E-state index in [1.165, 1.54) is 0 Å². The quantitative estimate of drug-likeness (QED) is 0.693. The predicted molar refractivity (Wildman–Crippen MR) is 56.6 cm³/mol. The van der Waals surface area contributed by atoms with E-state index in [4.69, 9.17) is 5.26 Å². The number of carbonyl (C=O) groups is 1. The molecule has 0 saturated carbocycles. The molecule has 1 aliphatic heterocycles. The highest BCUT2D eigenvalue weighted by molar-refractivity contribution is 5.93.